The van der Waals surface area contributed by atoms with Crippen molar-refractivity contribution < 1.29 is 4.42 Å². The Hall–Kier alpha value is -7.36. The van der Waals surface area contributed by atoms with Gasteiger partial charge in [-0.3, -0.25) is 0 Å². The fourth-order valence-corrected chi connectivity index (χ4v) is 10.3. The zero-order valence-corrected chi connectivity index (χ0v) is 32.1. The molecule has 0 unspecified atom stereocenters. The highest BCUT2D eigenvalue weighted by atomic mass is 16.3. The van der Waals surface area contributed by atoms with Crippen LogP contribution in [-0.2, 0) is 5.41 Å². The van der Waals surface area contributed by atoms with Gasteiger partial charge >= 0.3 is 0 Å². The summed E-state index contributed by atoms with van der Waals surface area (Å²) in [5.74, 6) is 0. The van der Waals surface area contributed by atoms with E-state index in [0.29, 0.717) is 0 Å². The molecule has 0 aliphatic heterocycles. The highest BCUT2D eigenvalue weighted by molar-refractivity contribution is 6.18. The SMILES string of the molecule is CC1(C)c2ccccc2-c2cc3c4cc(-c5ccc6oc7cc8c(cc7c6c5)c5ccccc5n8-c5ccccc5)ccc4n(-c4cccc5ccccc45)c3cc21. The molecule has 0 spiro atoms. The van der Waals surface area contributed by atoms with Crippen LogP contribution in [0.15, 0.2) is 186 Å². The standard InChI is InChI=1S/C55H36N2O/c1-55(2)46-20-10-8-18-38(46)40-29-43-41-27-34(23-25-50(41)57(51(43)31-47(40)55)48-22-12-14-33-13-6-7-17-37(33)48)35-24-26-53-44(28-35)45-30-42-39-19-9-11-21-49(39)56(36-15-4-3-5-16-36)52(42)32-54(45)58-53/h3-32H,1-2H3. The van der Waals surface area contributed by atoms with Crippen molar-refractivity contribution in [3.63, 3.8) is 0 Å². The number of benzene rings is 9. The molecule has 0 N–H and O–H groups in total. The van der Waals surface area contributed by atoms with E-state index in [1.807, 2.05) is 0 Å². The van der Waals surface area contributed by atoms with Gasteiger partial charge in [0.15, 0.2) is 0 Å². The molecule has 12 aromatic rings. The van der Waals surface area contributed by atoms with Crippen molar-refractivity contribution in [3.8, 4) is 33.6 Å². The zero-order valence-electron chi connectivity index (χ0n) is 32.1. The van der Waals surface area contributed by atoms with Gasteiger partial charge in [0.05, 0.1) is 27.8 Å². The summed E-state index contributed by atoms with van der Waals surface area (Å²) < 4.78 is 11.5. The molecule has 13 rings (SSSR count). The Labute approximate surface area is 334 Å². The lowest BCUT2D eigenvalue weighted by molar-refractivity contribution is 0.661. The quantitative estimate of drug-likeness (QED) is 0.177. The van der Waals surface area contributed by atoms with Gasteiger partial charge in [-0.25, -0.2) is 0 Å². The largest absolute Gasteiger partial charge is 0.456 e. The van der Waals surface area contributed by atoms with E-state index in [1.54, 1.807) is 0 Å². The first-order chi connectivity index (χ1) is 28.5. The average Bonchev–Trinajstić information content (AvgIpc) is 3.96. The first kappa shape index (κ1) is 31.8. The van der Waals surface area contributed by atoms with Crippen LogP contribution in [0.5, 0.6) is 0 Å². The van der Waals surface area contributed by atoms with E-state index in [0.717, 1.165) is 33.1 Å². The highest BCUT2D eigenvalue weighted by Crippen LogP contribution is 2.51. The molecule has 0 radical (unpaired) electrons. The van der Waals surface area contributed by atoms with Crippen molar-refractivity contribution in [2.45, 2.75) is 19.3 Å². The second-order valence-corrected chi connectivity index (χ2v) is 16.5. The van der Waals surface area contributed by atoms with Crippen LogP contribution in [0.1, 0.15) is 25.0 Å². The third-order valence-corrected chi connectivity index (χ3v) is 13.1. The summed E-state index contributed by atoms with van der Waals surface area (Å²) in [5.41, 5.74) is 16.6. The summed E-state index contributed by atoms with van der Waals surface area (Å²) in [6.45, 7) is 4.74. The van der Waals surface area contributed by atoms with Gasteiger partial charge in [0.1, 0.15) is 11.2 Å². The van der Waals surface area contributed by atoms with Crippen molar-refractivity contribution in [1.29, 1.82) is 0 Å². The lowest BCUT2D eigenvalue weighted by Crippen LogP contribution is -2.14. The van der Waals surface area contributed by atoms with E-state index in [-0.39, 0.29) is 5.41 Å². The predicted octanol–water partition coefficient (Wildman–Crippen LogP) is 14.9. The van der Waals surface area contributed by atoms with Crippen molar-refractivity contribution in [1.82, 2.24) is 9.13 Å². The van der Waals surface area contributed by atoms with Gasteiger partial charge in [0, 0.05) is 54.9 Å². The van der Waals surface area contributed by atoms with Gasteiger partial charge in [-0.2, -0.15) is 0 Å². The van der Waals surface area contributed by atoms with Crippen LogP contribution in [-0.4, -0.2) is 9.13 Å². The van der Waals surface area contributed by atoms with Crippen LogP contribution in [0.4, 0.5) is 0 Å². The van der Waals surface area contributed by atoms with Crippen molar-refractivity contribution in [2.24, 2.45) is 0 Å². The van der Waals surface area contributed by atoms with E-state index in [1.165, 1.54) is 87.9 Å². The zero-order chi connectivity index (χ0) is 38.3. The molecule has 0 bridgehead atoms. The topological polar surface area (TPSA) is 23.0 Å². The molecule has 0 saturated carbocycles. The number of rotatable bonds is 3. The van der Waals surface area contributed by atoms with E-state index in [2.05, 4.69) is 205 Å². The summed E-state index contributed by atoms with van der Waals surface area (Å²) in [6.07, 6.45) is 0. The van der Waals surface area contributed by atoms with Gasteiger partial charge in [0.2, 0.25) is 0 Å². The molecule has 3 heterocycles. The second kappa shape index (κ2) is 11.4. The minimum absolute atomic E-state index is 0.101. The highest BCUT2D eigenvalue weighted by Gasteiger charge is 2.36. The smallest absolute Gasteiger partial charge is 0.137 e. The maximum absolute atomic E-state index is 6.63. The van der Waals surface area contributed by atoms with Crippen LogP contribution < -0.4 is 0 Å². The molecule has 1 aliphatic carbocycles. The molecular formula is C55H36N2O. The first-order valence-corrected chi connectivity index (χ1v) is 20.2. The maximum atomic E-state index is 6.63. The summed E-state index contributed by atoms with van der Waals surface area (Å²) >= 11 is 0. The van der Waals surface area contributed by atoms with Crippen LogP contribution in [0.25, 0.3) is 110 Å². The minimum Gasteiger partial charge on any atom is -0.456 e. The monoisotopic (exact) mass is 740 g/mol. The Kier molecular flexibility index (Phi) is 6.23. The molecule has 3 aromatic heterocycles. The van der Waals surface area contributed by atoms with Crippen LogP contribution in [0.3, 0.4) is 0 Å². The normalized spacial score (nSPS) is 13.5. The Bertz CT molecular complexity index is 3700. The van der Waals surface area contributed by atoms with Crippen molar-refractivity contribution in [3.05, 3.63) is 193 Å². The molecule has 0 fully saturated rings. The number of fused-ring (bicyclic) bond motifs is 13. The van der Waals surface area contributed by atoms with E-state index >= 15 is 0 Å². The van der Waals surface area contributed by atoms with Gasteiger partial charge in [-0.05, 0) is 105 Å². The van der Waals surface area contributed by atoms with E-state index in [9.17, 15) is 0 Å². The Balaban J connectivity index is 1.05. The number of hydrogen-bond donors (Lipinski definition) is 0. The molecule has 3 nitrogen and oxygen atoms in total. The third kappa shape index (κ3) is 4.23. The molecule has 9 aromatic carbocycles. The molecule has 1 aliphatic rings. The lowest BCUT2D eigenvalue weighted by atomic mass is 9.82. The van der Waals surface area contributed by atoms with Gasteiger partial charge < -0.3 is 13.6 Å². The number of aromatic nitrogens is 2. The van der Waals surface area contributed by atoms with Crippen LogP contribution in [0, 0.1) is 0 Å². The molecule has 272 valence electrons. The Morgan fingerprint density at radius 1 is 0.379 bits per heavy atom. The number of furan rings is 1. The number of nitrogens with zero attached hydrogens (tertiary/aromatic N) is 2. The fourth-order valence-electron chi connectivity index (χ4n) is 10.3. The van der Waals surface area contributed by atoms with Crippen LogP contribution in [0.2, 0.25) is 0 Å². The Morgan fingerprint density at radius 2 is 1.03 bits per heavy atom. The summed E-state index contributed by atoms with van der Waals surface area (Å²) in [7, 11) is 0. The molecule has 0 atom stereocenters. The lowest BCUT2D eigenvalue weighted by Gasteiger charge is -2.21. The fraction of sp³-hybridized carbons (Fsp3) is 0.0545. The second-order valence-electron chi connectivity index (χ2n) is 16.5. The van der Waals surface area contributed by atoms with E-state index < -0.39 is 0 Å². The molecule has 0 amide bonds. The Morgan fingerprint density at radius 3 is 1.93 bits per heavy atom. The third-order valence-electron chi connectivity index (χ3n) is 13.1. The molecule has 58 heavy (non-hydrogen) atoms. The summed E-state index contributed by atoms with van der Waals surface area (Å²) in [4.78, 5) is 0. The van der Waals surface area contributed by atoms with Gasteiger partial charge in [-0.1, -0.05) is 123 Å². The average molecular weight is 741 g/mol. The number of para-hydroxylation sites is 2. The number of hydrogen-bond acceptors (Lipinski definition) is 1. The predicted molar refractivity (Wildman–Crippen MR) is 243 cm³/mol. The van der Waals surface area contributed by atoms with Gasteiger partial charge in [-0.15, -0.1) is 0 Å². The summed E-state index contributed by atoms with van der Waals surface area (Å²) in [6, 6.07) is 66.9. The summed E-state index contributed by atoms with van der Waals surface area (Å²) in [5, 5.41) is 9.71. The first-order valence-electron chi connectivity index (χ1n) is 20.2. The molecule has 0 saturated heterocycles. The van der Waals surface area contributed by atoms with Crippen molar-refractivity contribution >= 4 is 76.3 Å². The minimum atomic E-state index is -0.101. The maximum Gasteiger partial charge on any atom is 0.137 e. The van der Waals surface area contributed by atoms with Crippen molar-refractivity contribution in [2.75, 3.05) is 0 Å². The van der Waals surface area contributed by atoms with Gasteiger partial charge in [0.25, 0.3) is 0 Å². The van der Waals surface area contributed by atoms with Crippen LogP contribution >= 0.6 is 0 Å². The molecule has 3 heteroatoms. The van der Waals surface area contributed by atoms with E-state index in [4.69, 9.17) is 4.42 Å². The molecular weight excluding hydrogens is 705 g/mol.